The Morgan fingerprint density at radius 2 is 1.56 bits per heavy atom. The van der Waals surface area contributed by atoms with Crippen LogP contribution in [0.25, 0.3) is 10.9 Å². The van der Waals surface area contributed by atoms with Gasteiger partial charge in [0, 0.05) is 24.7 Å². The summed E-state index contributed by atoms with van der Waals surface area (Å²) in [5, 5.41) is 4.34. The Bertz CT molecular complexity index is 783. The molecule has 0 aliphatic heterocycles. The van der Waals surface area contributed by atoms with Crippen LogP contribution < -0.4 is 20.3 Å². The van der Waals surface area contributed by atoms with E-state index in [2.05, 4.69) is 26.1 Å². The van der Waals surface area contributed by atoms with Crippen molar-refractivity contribution in [3.63, 3.8) is 0 Å². The maximum absolute atomic E-state index is 12.9. The van der Waals surface area contributed by atoms with Gasteiger partial charge < -0.3 is 19.4 Å². The van der Waals surface area contributed by atoms with E-state index in [9.17, 15) is 4.79 Å². The molecule has 5 heteroatoms. The van der Waals surface area contributed by atoms with Gasteiger partial charge in [0.05, 0.1) is 18.7 Å². The molecule has 1 N–H and O–H groups in total. The van der Waals surface area contributed by atoms with Crippen molar-refractivity contribution in [2.24, 2.45) is 7.05 Å². The van der Waals surface area contributed by atoms with Crippen LogP contribution in [0.3, 0.4) is 0 Å². The lowest BCUT2D eigenvalue weighted by molar-refractivity contribution is 0.260. The van der Waals surface area contributed by atoms with E-state index < -0.39 is 0 Å². The zero-order valence-corrected chi connectivity index (χ0v) is 17.3. The van der Waals surface area contributed by atoms with Crippen LogP contribution in [0.5, 0.6) is 11.5 Å². The summed E-state index contributed by atoms with van der Waals surface area (Å²) in [5.74, 6) is 0.916. The zero-order valence-electron chi connectivity index (χ0n) is 17.3. The molecule has 0 aliphatic rings. The Morgan fingerprint density at radius 1 is 0.926 bits per heavy atom. The van der Waals surface area contributed by atoms with Gasteiger partial charge in [-0.25, -0.2) is 0 Å². The Labute approximate surface area is 162 Å². The Kier molecular flexibility index (Phi) is 8.49. The molecule has 5 nitrogen and oxygen atoms in total. The minimum atomic E-state index is -0.143. The number of unbranched alkanes of at least 4 members (excludes halogenated alkanes) is 3. The third-order valence-electron chi connectivity index (χ3n) is 4.66. The number of aryl methyl sites for hydroxylation is 1. The van der Waals surface area contributed by atoms with E-state index in [1.165, 1.54) is 0 Å². The van der Waals surface area contributed by atoms with Crippen molar-refractivity contribution in [2.75, 3.05) is 25.1 Å². The minimum absolute atomic E-state index is 0.143. The van der Waals surface area contributed by atoms with Gasteiger partial charge in [-0.15, -0.1) is 0 Å². The molecule has 1 aromatic heterocycles. The van der Waals surface area contributed by atoms with Gasteiger partial charge in [-0.2, -0.15) is 0 Å². The van der Waals surface area contributed by atoms with Crippen LogP contribution in [0.4, 0.5) is 5.69 Å². The van der Waals surface area contributed by atoms with E-state index in [1.807, 2.05) is 18.2 Å². The standard InChI is InChI=1S/C22H34N2O3/c1-5-8-13-23-17-11-12-18-19(16-17)24(4)22(25)21(27-15-10-7-3)20(18)26-14-9-6-2/h11-12,16,23H,5-10,13-15H2,1-4H3. The molecule has 150 valence electrons. The van der Waals surface area contributed by atoms with Gasteiger partial charge in [0.1, 0.15) is 0 Å². The van der Waals surface area contributed by atoms with Gasteiger partial charge in [0.15, 0.2) is 5.75 Å². The molecule has 0 fully saturated rings. The lowest BCUT2D eigenvalue weighted by atomic mass is 10.1. The molecule has 0 amide bonds. The highest BCUT2D eigenvalue weighted by molar-refractivity contribution is 5.90. The second kappa shape index (κ2) is 10.9. The molecule has 0 saturated heterocycles. The first kappa shape index (κ1) is 21.1. The maximum Gasteiger partial charge on any atom is 0.297 e. The van der Waals surface area contributed by atoms with Crippen molar-refractivity contribution in [3.05, 3.63) is 28.6 Å². The third kappa shape index (κ3) is 5.41. The molecule has 2 aromatic rings. The van der Waals surface area contributed by atoms with Crippen molar-refractivity contribution in [2.45, 2.75) is 59.3 Å². The lowest BCUT2D eigenvalue weighted by Gasteiger charge is -2.18. The first-order valence-corrected chi connectivity index (χ1v) is 10.3. The van der Waals surface area contributed by atoms with Crippen LogP contribution in [0, 0.1) is 0 Å². The van der Waals surface area contributed by atoms with E-state index >= 15 is 0 Å². The fourth-order valence-corrected chi connectivity index (χ4v) is 2.91. The van der Waals surface area contributed by atoms with Crippen LogP contribution in [0.15, 0.2) is 23.0 Å². The monoisotopic (exact) mass is 374 g/mol. The van der Waals surface area contributed by atoms with Gasteiger partial charge in [0.25, 0.3) is 5.56 Å². The Morgan fingerprint density at radius 3 is 2.19 bits per heavy atom. The summed E-state index contributed by atoms with van der Waals surface area (Å²) in [4.78, 5) is 12.9. The molecule has 0 saturated carbocycles. The molecule has 2 rings (SSSR count). The van der Waals surface area contributed by atoms with E-state index in [-0.39, 0.29) is 5.56 Å². The number of benzene rings is 1. The zero-order chi connectivity index (χ0) is 19.6. The Balaban J connectivity index is 2.46. The first-order valence-electron chi connectivity index (χ1n) is 10.3. The average molecular weight is 375 g/mol. The minimum Gasteiger partial charge on any atom is -0.489 e. The lowest BCUT2D eigenvalue weighted by Crippen LogP contribution is -2.21. The topological polar surface area (TPSA) is 52.5 Å². The van der Waals surface area contributed by atoms with E-state index in [0.29, 0.717) is 24.7 Å². The fourth-order valence-electron chi connectivity index (χ4n) is 2.91. The quantitative estimate of drug-likeness (QED) is 0.525. The van der Waals surface area contributed by atoms with Crippen LogP contribution in [0.2, 0.25) is 0 Å². The molecule has 0 atom stereocenters. The second-order valence-corrected chi connectivity index (χ2v) is 6.94. The number of aromatic nitrogens is 1. The number of nitrogens with zero attached hydrogens (tertiary/aromatic N) is 1. The molecular formula is C22H34N2O3. The van der Waals surface area contributed by atoms with E-state index in [4.69, 9.17) is 9.47 Å². The summed E-state index contributed by atoms with van der Waals surface area (Å²) in [7, 11) is 1.79. The largest absolute Gasteiger partial charge is 0.489 e. The van der Waals surface area contributed by atoms with Crippen molar-refractivity contribution in [1.29, 1.82) is 0 Å². The van der Waals surface area contributed by atoms with Crippen LogP contribution in [-0.4, -0.2) is 24.3 Å². The summed E-state index contributed by atoms with van der Waals surface area (Å²) in [6.07, 6.45) is 6.18. The number of hydrogen-bond donors (Lipinski definition) is 1. The number of ether oxygens (including phenoxy) is 2. The van der Waals surface area contributed by atoms with Crippen molar-refractivity contribution < 1.29 is 9.47 Å². The molecule has 1 aromatic carbocycles. The maximum atomic E-state index is 12.9. The molecule has 27 heavy (non-hydrogen) atoms. The predicted molar refractivity (Wildman–Crippen MR) is 113 cm³/mol. The van der Waals surface area contributed by atoms with Crippen molar-refractivity contribution in [1.82, 2.24) is 4.57 Å². The first-order chi connectivity index (χ1) is 13.1. The highest BCUT2D eigenvalue weighted by Crippen LogP contribution is 2.34. The van der Waals surface area contributed by atoms with E-state index in [1.54, 1.807) is 11.6 Å². The summed E-state index contributed by atoms with van der Waals surface area (Å²) in [6.45, 7) is 8.43. The summed E-state index contributed by atoms with van der Waals surface area (Å²) < 4.78 is 13.6. The average Bonchev–Trinajstić information content (AvgIpc) is 2.68. The summed E-state index contributed by atoms with van der Waals surface area (Å²) in [6, 6.07) is 6.09. The highest BCUT2D eigenvalue weighted by atomic mass is 16.5. The molecular weight excluding hydrogens is 340 g/mol. The van der Waals surface area contributed by atoms with Gasteiger partial charge in [-0.3, -0.25) is 4.79 Å². The Hall–Kier alpha value is -2.17. The number of nitrogens with one attached hydrogen (secondary N) is 1. The normalized spacial score (nSPS) is 11.0. The van der Waals surface area contributed by atoms with Crippen molar-refractivity contribution in [3.8, 4) is 11.5 Å². The molecule has 0 spiro atoms. The van der Waals surface area contributed by atoms with Gasteiger partial charge in [0.2, 0.25) is 5.75 Å². The number of fused-ring (bicyclic) bond motifs is 1. The third-order valence-corrected chi connectivity index (χ3v) is 4.66. The molecule has 0 bridgehead atoms. The molecule has 0 radical (unpaired) electrons. The van der Waals surface area contributed by atoms with E-state index in [0.717, 1.165) is 61.7 Å². The molecule has 1 heterocycles. The SMILES string of the molecule is CCCCNc1ccc2c(OCCCC)c(OCCCC)c(=O)n(C)c2c1. The van der Waals surface area contributed by atoms with Gasteiger partial charge >= 0.3 is 0 Å². The van der Waals surface area contributed by atoms with Crippen LogP contribution in [-0.2, 0) is 7.05 Å². The molecule has 0 unspecified atom stereocenters. The van der Waals surface area contributed by atoms with Crippen LogP contribution in [0.1, 0.15) is 59.3 Å². The van der Waals surface area contributed by atoms with Gasteiger partial charge in [-0.1, -0.05) is 40.0 Å². The van der Waals surface area contributed by atoms with Gasteiger partial charge in [-0.05, 0) is 37.5 Å². The fraction of sp³-hybridized carbons (Fsp3) is 0.591. The highest BCUT2D eigenvalue weighted by Gasteiger charge is 2.18. The second-order valence-electron chi connectivity index (χ2n) is 6.94. The number of pyridine rings is 1. The number of anilines is 1. The molecule has 0 aliphatic carbocycles. The van der Waals surface area contributed by atoms with Crippen LogP contribution >= 0.6 is 0 Å². The summed E-state index contributed by atoms with van der Waals surface area (Å²) >= 11 is 0. The van der Waals surface area contributed by atoms with Crippen molar-refractivity contribution >= 4 is 16.6 Å². The predicted octanol–water partition coefficient (Wildman–Crippen LogP) is 5.11. The number of hydrogen-bond acceptors (Lipinski definition) is 4. The smallest absolute Gasteiger partial charge is 0.297 e. The number of rotatable bonds is 12. The summed E-state index contributed by atoms with van der Waals surface area (Å²) in [5.41, 5.74) is 1.73.